The van der Waals surface area contributed by atoms with Gasteiger partial charge in [0.1, 0.15) is 0 Å². The van der Waals surface area contributed by atoms with E-state index in [0.29, 0.717) is 24.6 Å². The Morgan fingerprint density at radius 1 is 1.53 bits per heavy atom. The number of aliphatic hydroxyl groups excluding tert-OH is 1. The maximum atomic E-state index is 11.8. The Labute approximate surface area is 105 Å². The minimum absolute atomic E-state index is 0.0562. The second-order valence-electron chi connectivity index (χ2n) is 4.43. The Hall–Kier alpha value is -0.910. The molecule has 1 amide bonds. The van der Waals surface area contributed by atoms with Crippen molar-refractivity contribution in [3.05, 3.63) is 22.4 Å². The van der Waals surface area contributed by atoms with Crippen LogP contribution < -0.4 is 5.32 Å². The molecule has 1 aromatic heterocycles. The minimum Gasteiger partial charge on any atom is -0.396 e. The Bertz CT molecular complexity index is 358. The number of thiophene rings is 1. The van der Waals surface area contributed by atoms with Crippen molar-refractivity contribution in [3.63, 3.8) is 0 Å². The number of hydrogen-bond donors (Lipinski definition) is 2. The number of carbonyl (C=O) groups is 1. The van der Waals surface area contributed by atoms with Gasteiger partial charge in [0.2, 0.25) is 0 Å². The molecule has 0 aliphatic carbocycles. The smallest absolute Gasteiger partial charge is 0.261 e. The normalized spacial score (nSPS) is 18.9. The molecule has 1 aromatic rings. The van der Waals surface area contributed by atoms with E-state index in [1.54, 1.807) is 6.07 Å². The van der Waals surface area contributed by atoms with E-state index < -0.39 is 0 Å². The third-order valence-electron chi connectivity index (χ3n) is 3.26. The lowest BCUT2D eigenvalue weighted by atomic mass is 9.81. The minimum atomic E-state index is -0.203. The second-order valence-corrected chi connectivity index (χ2v) is 5.38. The lowest BCUT2D eigenvalue weighted by molar-refractivity contribution is -0.0146. The third kappa shape index (κ3) is 3.06. The molecule has 1 fully saturated rings. The van der Waals surface area contributed by atoms with E-state index >= 15 is 0 Å². The van der Waals surface area contributed by atoms with E-state index in [2.05, 4.69) is 5.32 Å². The maximum Gasteiger partial charge on any atom is 0.261 e. The van der Waals surface area contributed by atoms with Crippen LogP contribution in [0.15, 0.2) is 17.5 Å². The van der Waals surface area contributed by atoms with Gasteiger partial charge in [-0.25, -0.2) is 0 Å². The van der Waals surface area contributed by atoms with Gasteiger partial charge in [0.05, 0.1) is 11.5 Å². The Balaban J connectivity index is 1.89. The van der Waals surface area contributed by atoms with Crippen LogP contribution in [0.2, 0.25) is 0 Å². The average Bonchev–Trinajstić information content (AvgIpc) is 2.91. The van der Waals surface area contributed by atoms with Crippen LogP contribution in [0.5, 0.6) is 0 Å². The Kier molecular flexibility index (Phi) is 4.15. The highest BCUT2D eigenvalue weighted by atomic mass is 32.1. The molecule has 2 heterocycles. The topological polar surface area (TPSA) is 58.6 Å². The van der Waals surface area contributed by atoms with Gasteiger partial charge in [-0.05, 0) is 24.3 Å². The number of carbonyl (C=O) groups excluding carboxylic acids is 1. The maximum absolute atomic E-state index is 11.8. The summed E-state index contributed by atoms with van der Waals surface area (Å²) in [7, 11) is 0. The summed E-state index contributed by atoms with van der Waals surface area (Å²) >= 11 is 1.42. The molecule has 0 radical (unpaired) electrons. The molecule has 0 atom stereocenters. The van der Waals surface area contributed by atoms with E-state index in [0.717, 1.165) is 12.8 Å². The number of amides is 1. The van der Waals surface area contributed by atoms with Gasteiger partial charge in [-0.15, -0.1) is 11.3 Å². The van der Waals surface area contributed by atoms with Crippen LogP contribution in [0.4, 0.5) is 0 Å². The fourth-order valence-corrected chi connectivity index (χ4v) is 2.60. The van der Waals surface area contributed by atoms with Crippen molar-refractivity contribution in [1.82, 2.24) is 5.32 Å². The summed E-state index contributed by atoms with van der Waals surface area (Å²) in [6.07, 6.45) is 1.60. The summed E-state index contributed by atoms with van der Waals surface area (Å²) in [4.78, 5) is 12.5. The highest BCUT2D eigenvalue weighted by Gasteiger charge is 2.32. The quantitative estimate of drug-likeness (QED) is 0.851. The van der Waals surface area contributed by atoms with Crippen molar-refractivity contribution < 1.29 is 14.6 Å². The molecule has 2 N–H and O–H groups in total. The molecule has 1 saturated heterocycles. The van der Waals surface area contributed by atoms with Crippen molar-refractivity contribution in [2.45, 2.75) is 12.8 Å². The fourth-order valence-electron chi connectivity index (χ4n) is 1.96. The molecule has 0 spiro atoms. The van der Waals surface area contributed by atoms with Crippen molar-refractivity contribution in [1.29, 1.82) is 0 Å². The molecule has 4 nitrogen and oxygen atoms in total. The third-order valence-corrected chi connectivity index (χ3v) is 4.13. The van der Waals surface area contributed by atoms with Gasteiger partial charge < -0.3 is 15.2 Å². The first-order chi connectivity index (χ1) is 8.26. The lowest BCUT2D eigenvalue weighted by Crippen LogP contribution is -2.43. The number of hydrogen-bond acceptors (Lipinski definition) is 4. The van der Waals surface area contributed by atoms with Gasteiger partial charge >= 0.3 is 0 Å². The molecular weight excluding hydrogens is 238 g/mol. The molecule has 0 aromatic carbocycles. The predicted octanol–water partition coefficient (Wildman–Crippen LogP) is 1.27. The summed E-state index contributed by atoms with van der Waals surface area (Å²) in [6, 6.07) is 3.66. The van der Waals surface area contributed by atoms with E-state index in [1.807, 2.05) is 11.4 Å². The zero-order valence-electron chi connectivity index (χ0n) is 9.65. The van der Waals surface area contributed by atoms with Crippen LogP contribution >= 0.6 is 11.3 Å². The summed E-state index contributed by atoms with van der Waals surface area (Å²) in [5.74, 6) is -0.0562. The Morgan fingerprint density at radius 3 is 2.88 bits per heavy atom. The highest BCUT2D eigenvalue weighted by Crippen LogP contribution is 2.29. The van der Waals surface area contributed by atoms with E-state index in [-0.39, 0.29) is 17.9 Å². The summed E-state index contributed by atoms with van der Waals surface area (Å²) in [5, 5.41) is 14.3. The number of aliphatic hydroxyl groups is 1. The second kappa shape index (κ2) is 5.62. The summed E-state index contributed by atoms with van der Waals surface area (Å²) in [5.41, 5.74) is -0.203. The molecule has 5 heteroatoms. The van der Waals surface area contributed by atoms with Crippen molar-refractivity contribution in [2.75, 3.05) is 26.4 Å². The van der Waals surface area contributed by atoms with Crippen LogP contribution in [0.25, 0.3) is 0 Å². The SMILES string of the molecule is O=C(NCC1(CO)CCOCC1)c1cccs1. The molecule has 0 unspecified atom stereocenters. The van der Waals surface area contributed by atoms with Gasteiger partial charge in [-0.3, -0.25) is 4.79 Å². The highest BCUT2D eigenvalue weighted by molar-refractivity contribution is 7.12. The molecule has 0 saturated carbocycles. The van der Waals surface area contributed by atoms with Crippen molar-refractivity contribution >= 4 is 17.2 Å². The molecule has 94 valence electrons. The van der Waals surface area contributed by atoms with Gasteiger partial charge in [-0.2, -0.15) is 0 Å². The monoisotopic (exact) mass is 255 g/mol. The summed E-state index contributed by atoms with van der Waals surface area (Å²) < 4.78 is 5.28. The van der Waals surface area contributed by atoms with Gasteiger partial charge in [0.25, 0.3) is 5.91 Å². The average molecular weight is 255 g/mol. The lowest BCUT2D eigenvalue weighted by Gasteiger charge is -2.35. The first-order valence-corrected chi connectivity index (χ1v) is 6.64. The standard InChI is InChI=1S/C12H17NO3S/c14-9-12(3-5-16-6-4-12)8-13-11(15)10-2-1-7-17-10/h1-2,7,14H,3-6,8-9H2,(H,13,15). The Morgan fingerprint density at radius 2 is 2.29 bits per heavy atom. The van der Waals surface area contributed by atoms with Gasteiger partial charge in [0, 0.05) is 25.2 Å². The van der Waals surface area contributed by atoms with Crippen molar-refractivity contribution in [2.24, 2.45) is 5.41 Å². The van der Waals surface area contributed by atoms with Gasteiger partial charge in [0.15, 0.2) is 0 Å². The van der Waals surface area contributed by atoms with Crippen LogP contribution in [0.1, 0.15) is 22.5 Å². The molecule has 0 bridgehead atoms. The molecule has 1 aliphatic rings. The zero-order chi connectivity index (χ0) is 12.1. The number of nitrogens with one attached hydrogen (secondary N) is 1. The largest absolute Gasteiger partial charge is 0.396 e. The predicted molar refractivity (Wildman–Crippen MR) is 66.2 cm³/mol. The van der Waals surface area contributed by atoms with Gasteiger partial charge in [-0.1, -0.05) is 6.07 Å². The summed E-state index contributed by atoms with van der Waals surface area (Å²) in [6.45, 7) is 1.94. The van der Waals surface area contributed by atoms with Crippen LogP contribution in [-0.2, 0) is 4.74 Å². The first kappa shape index (κ1) is 12.5. The first-order valence-electron chi connectivity index (χ1n) is 5.76. The zero-order valence-corrected chi connectivity index (χ0v) is 10.5. The van der Waals surface area contributed by atoms with Crippen LogP contribution in [0.3, 0.4) is 0 Å². The molecule has 17 heavy (non-hydrogen) atoms. The fraction of sp³-hybridized carbons (Fsp3) is 0.583. The molecular formula is C12H17NO3S. The van der Waals surface area contributed by atoms with Crippen molar-refractivity contribution in [3.8, 4) is 0 Å². The van der Waals surface area contributed by atoms with Crippen LogP contribution in [-0.4, -0.2) is 37.4 Å². The van der Waals surface area contributed by atoms with E-state index in [1.165, 1.54) is 11.3 Å². The van der Waals surface area contributed by atoms with E-state index in [9.17, 15) is 9.90 Å². The van der Waals surface area contributed by atoms with Crippen LogP contribution in [0, 0.1) is 5.41 Å². The number of ether oxygens (including phenoxy) is 1. The van der Waals surface area contributed by atoms with E-state index in [4.69, 9.17) is 4.74 Å². The molecule has 2 rings (SSSR count). The number of rotatable bonds is 4. The molecule has 1 aliphatic heterocycles.